The van der Waals surface area contributed by atoms with Crippen LogP contribution >= 0.6 is 0 Å². The van der Waals surface area contributed by atoms with E-state index in [1.807, 2.05) is 24.3 Å². The van der Waals surface area contributed by atoms with Crippen LogP contribution in [0.3, 0.4) is 0 Å². The fourth-order valence-corrected chi connectivity index (χ4v) is 3.13. The molecule has 1 atom stereocenters. The number of unbranched alkanes of at least 4 members (excludes halogenated alkanes) is 1. The third-order valence-electron chi connectivity index (χ3n) is 3.37. The SMILES string of the molecule is CCCCN(CCC(C)(C)C)S(=O)c1ccc(OC)cc1. The Balaban J connectivity index is 2.77. The summed E-state index contributed by atoms with van der Waals surface area (Å²) in [7, 11) is 0.552. The zero-order valence-electron chi connectivity index (χ0n) is 14.0. The maximum atomic E-state index is 12.8. The smallest absolute Gasteiger partial charge is 0.127 e. The topological polar surface area (TPSA) is 29.5 Å². The molecule has 120 valence electrons. The molecule has 1 rings (SSSR count). The monoisotopic (exact) mass is 311 g/mol. The average Bonchev–Trinajstić information content (AvgIpc) is 2.46. The van der Waals surface area contributed by atoms with E-state index < -0.39 is 11.0 Å². The summed E-state index contributed by atoms with van der Waals surface area (Å²) >= 11 is 0. The number of benzene rings is 1. The molecule has 1 aromatic carbocycles. The number of ether oxygens (including phenoxy) is 1. The summed E-state index contributed by atoms with van der Waals surface area (Å²) in [5.74, 6) is 0.797. The summed E-state index contributed by atoms with van der Waals surface area (Å²) in [6.45, 7) is 10.6. The Labute approximate surface area is 132 Å². The maximum Gasteiger partial charge on any atom is 0.127 e. The molecule has 21 heavy (non-hydrogen) atoms. The average molecular weight is 311 g/mol. The van der Waals surface area contributed by atoms with E-state index in [4.69, 9.17) is 4.74 Å². The lowest BCUT2D eigenvalue weighted by Crippen LogP contribution is -2.30. The van der Waals surface area contributed by atoms with E-state index in [1.165, 1.54) is 0 Å². The first-order valence-corrected chi connectivity index (χ1v) is 8.79. The van der Waals surface area contributed by atoms with Crippen molar-refractivity contribution >= 4 is 11.0 Å². The first kappa shape index (κ1) is 18.2. The van der Waals surface area contributed by atoms with E-state index >= 15 is 0 Å². The third kappa shape index (κ3) is 6.62. The van der Waals surface area contributed by atoms with Gasteiger partial charge in [0.1, 0.15) is 16.7 Å². The van der Waals surface area contributed by atoms with Crippen molar-refractivity contribution in [1.82, 2.24) is 4.31 Å². The van der Waals surface area contributed by atoms with Gasteiger partial charge in [-0.2, -0.15) is 0 Å². The van der Waals surface area contributed by atoms with Gasteiger partial charge in [0.2, 0.25) is 0 Å². The van der Waals surface area contributed by atoms with Crippen LogP contribution in [0.2, 0.25) is 0 Å². The summed E-state index contributed by atoms with van der Waals surface area (Å²) in [6, 6.07) is 7.53. The third-order valence-corrected chi connectivity index (χ3v) is 4.88. The van der Waals surface area contributed by atoms with Crippen LogP contribution in [0.4, 0.5) is 0 Å². The normalized spacial score (nSPS) is 13.4. The van der Waals surface area contributed by atoms with Gasteiger partial charge in [-0.15, -0.1) is 0 Å². The predicted molar refractivity (Wildman–Crippen MR) is 90.0 cm³/mol. The minimum atomic E-state index is -1.09. The van der Waals surface area contributed by atoms with Gasteiger partial charge in [0.05, 0.1) is 12.0 Å². The molecule has 0 bridgehead atoms. The van der Waals surface area contributed by atoms with Gasteiger partial charge in [-0.05, 0) is 42.5 Å². The van der Waals surface area contributed by atoms with Crippen LogP contribution in [-0.2, 0) is 11.0 Å². The van der Waals surface area contributed by atoms with Crippen molar-refractivity contribution in [3.8, 4) is 5.75 Å². The van der Waals surface area contributed by atoms with Gasteiger partial charge in [0.15, 0.2) is 0 Å². The molecule has 0 N–H and O–H groups in total. The van der Waals surface area contributed by atoms with E-state index in [-0.39, 0.29) is 5.41 Å². The van der Waals surface area contributed by atoms with Gasteiger partial charge in [-0.3, -0.25) is 0 Å². The zero-order valence-corrected chi connectivity index (χ0v) is 14.8. The molecule has 0 fully saturated rings. The van der Waals surface area contributed by atoms with Crippen molar-refractivity contribution in [2.75, 3.05) is 20.2 Å². The molecule has 0 aromatic heterocycles. The minimum Gasteiger partial charge on any atom is -0.497 e. The van der Waals surface area contributed by atoms with Crippen LogP contribution in [0.1, 0.15) is 47.0 Å². The van der Waals surface area contributed by atoms with E-state index in [2.05, 4.69) is 32.0 Å². The van der Waals surface area contributed by atoms with Crippen LogP contribution in [-0.4, -0.2) is 28.7 Å². The van der Waals surface area contributed by atoms with Gasteiger partial charge in [-0.25, -0.2) is 8.51 Å². The Hall–Kier alpha value is -0.870. The Bertz CT molecular complexity index is 437. The second kappa shape index (κ2) is 8.54. The molecule has 0 radical (unpaired) electrons. The fraction of sp³-hybridized carbons (Fsp3) is 0.647. The molecule has 0 spiro atoms. The molecule has 0 aliphatic carbocycles. The van der Waals surface area contributed by atoms with E-state index in [0.29, 0.717) is 0 Å². The van der Waals surface area contributed by atoms with Gasteiger partial charge in [-0.1, -0.05) is 34.1 Å². The largest absolute Gasteiger partial charge is 0.497 e. The second-order valence-corrected chi connectivity index (χ2v) is 8.00. The molecular formula is C17H29NO2S. The van der Waals surface area contributed by atoms with Gasteiger partial charge in [0, 0.05) is 13.1 Å². The molecular weight excluding hydrogens is 282 g/mol. The standard InChI is InChI=1S/C17H29NO2S/c1-6-7-13-18(14-12-17(2,3)4)21(19)16-10-8-15(20-5)9-11-16/h8-11H,6-7,12-14H2,1-5H3. The van der Waals surface area contributed by atoms with Gasteiger partial charge >= 0.3 is 0 Å². The maximum absolute atomic E-state index is 12.8. The van der Waals surface area contributed by atoms with Gasteiger partial charge in [0.25, 0.3) is 0 Å². The summed E-state index contributed by atoms with van der Waals surface area (Å²) in [4.78, 5) is 0.848. The molecule has 0 amide bonds. The summed E-state index contributed by atoms with van der Waals surface area (Å²) in [5, 5.41) is 0. The van der Waals surface area contributed by atoms with E-state index in [0.717, 1.165) is 43.0 Å². The predicted octanol–water partition coefficient (Wildman–Crippen LogP) is 4.26. The molecule has 4 heteroatoms. The van der Waals surface area contributed by atoms with Gasteiger partial charge < -0.3 is 4.74 Å². The van der Waals surface area contributed by atoms with Crippen LogP contribution in [0.15, 0.2) is 29.2 Å². The zero-order chi connectivity index (χ0) is 15.9. The second-order valence-electron chi connectivity index (χ2n) is 6.52. The Morgan fingerprint density at radius 1 is 1.14 bits per heavy atom. The molecule has 1 aromatic rings. The van der Waals surface area contributed by atoms with Crippen molar-refractivity contribution in [3.63, 3.8) is 0 Å². The molecule has 3 nitrogen and oxygen atoms in total. The quantitative estimate of drug-likeness (QED) is 0.718. The van der Waals surface area contributed by atoms with Crippen LogP contribution in [0.5, 0.6) is 5.75 Å². The molecule has 0 heterocycles. The van der Waals surface area contributed by atoms with Crippen molar-refractivity contribution in [2.24, 2.45) is 5.41 Å². The lowest BCUT2D eigenvalue weighted by molar-refractivity contribution is 0.316. The van der Waals surface area contributed by atoms with Crippen LogP contribution < -0.4 is 4.74 Å². The van der Waals surface area contributed by atoms with Crippen LogP contribution in [0.25, 0.3) is 0 Å². The Morgan fingerprint density at radius 3 is 2.24 bits per heavy atom. The fourth-order valence-electron chi connectivity index (χ4n) is 1.91. The lowest BCUT2D eigenvalue weighted by Gasteiger charge is -2.25. The summed E-state index contributed by atoms with van der Waals surface area (Å²) < 4.78 is 20.0. The van der Waals surface area contributed by atoms with E-state index in [1.54, 1.807) is 7.11 Å². The van der Waals surface area contributed by atoms with Crippen molar-refractivity contribution in [3.05, 3.63) is 24.3 Å². The summed E-state index contributed by atoms with van der Waals surface area (Å²) in [5.41, 5.74) is 0.259. The lowest BCUT2D eigenvalue weighted by atomic mass is 9.92. The molecule has 1 unspecified atom stereocenters. The number of hydrogen-bond donors (Lipinski definition) is 0. The van der Waals surface area contributed by atoms with Crippen molar-refractivity contribution in [1.29, 1.82) is 0 Å². The molecule has 0 saturated heterocycles. The van der Waals surface area contributed by atoms with Crippen LogP contribution in [0, 0.1) is 5.41 Å². The number of rotatable bonds is 8. The Kier molecular flexibility index (Phi) is 7.40. The molecule has 0 saturated carbocycles. The molecule has 0 aliphatic heterocycles. The highest BCUT2D eigenvalue weighted by molar-refractivity contribution is 7.82. The minimum absolute atomic E-state index is 0.259. The molecule has 0 aliphatic rings. The van der Waals surface area contributed by atoms with Crippen molar-refractivity contribution in [2.45, 2.75) is 51.9 Å². The number of methoxy groups -OCH3 is 1. The highest BCUT2D eigenvalue weighted by atomic mass is 32.2. The number of hydrogen-bond acceptors (Lipinski definition) is 2. The highest BCUT2D eigenvalue weighted by Gasteiger charge is 2.18. The first-order valence-electron chi connectivity index (χ1n) is 7.68. The first-order chi connectivity index (χ1) is 9.87. The number of nitrogens with zero attached hydrogens (tertiary/aromatic N) is 1. The van der Waals surface area contributed by atoms with Crippen molar-refractivity contribution < 1.29 is 8.95 Å². The Morgan fingerprint density at radius 2 is 1.76 bits per heavy atom. The highest BCUT2D eigenvalue weighted by Crippen LogP contribution is 2.22. The summed E-state index contributed by atoms with van der Waals surface area (Å²) in [6.07, 6.45) is 3.23. The van der Waals surface area contributed by atoms with E-state index in [9.17, 15) is 4.21 Å².